The number of rotatable bonds is 3. The molecule has 0 radical (unpaired) electrons. The predicted molar refractivity (Wildman–Crippen MR) is 89.5 cm³/mol. The van der Waals surface area contributed by atoms with Gasteiger partial charge >= 0.3 is 0 Å². The van der Waals surface area contributed by atoms with Crippen molar-refractivity contribution in [1.82, 2.24) is 9.97 Å². The van der Waals surface area contributed by atoms with E-state index in [0.717, 1.165) is 10.6 Å². The minimum Gasteiger partial charge on any atom is -0.320 e. The van der Waals surface area contributed by atoms with Gasteiger partial charge in [-0.3, -0.25) is 9.78 Å². The number of aryl methyl sites for hydroxylation is 1. The highest BCUT2D eigenvalue weighted by Crippen LogP contribution is 2.32. The highest BCUT2D eigenvalue weighted by molar-refractivity contribution is 7.17. The summed E-state index contributed by atoms with van der Waals surface area (Å²) >= 11 is 7.51. The summed E-state index contributed by atoms with van der Waals surface area (Å²) in [4.78, 5) is 21.4. The second-order valence-electron chi connectivity index (χ2n) is 4.61. The lowest BCUT2D eigenvalue weighted by atomic mass is 10.2. The van der Waals surface area contributed by atoms with E-state index in [9.17, 15) is 4.79 Å². The van der Waals surface area contributed by atoms with Gasteiger partial charge in [0.1, 0.15) is 9.88 Å². The van der Waals surface area contributed by atoms with Gasteiger partial charge < -0.3 is 5.32 Å². The molecule has 2 heterocycles. The van der Waals surface area contributed by atoms with Crippen molar-refractivity contribution in [2.24, 2.45) is 0 Å². The Balaban J connectivity index is 1.90. The molecule has 0 saturated carbocycles. The molecule has 0 aliphatic rings. The Morgan fingerprint density at radius 2 is 2.05 bits per heavy atom. The van der Waals surface area contributed by atoms with Crippen LogP contribution in [0.3, 0.4) is 0 Å². The monoisotopic (exact) mass is 329 g/mol. The summed E-state index contributed by atoms with van der Waals surface area (Å²) in [5.74, 6) is -0.193. The number of pyridine rings is 1. The summed E-state index contributed by atoms with van der Waals surface area (Å²) in [5, 5.41) is 4.17. The molecule has 0 fully saturated rings. The first-order chi connectivity index (χ1) is 10.6. The molecule has 22 heavy (non-hydrogen) atoms. The highest BCUT2D eigenvalue weighted by atomic mass is 35.5. The summed E-state index contributed by atoms with van der Waals surface area (Å²) in [5.41, 5.74) is 2.17. The average Bonchev–Trinajstić information content (AvgIpc) is 2.90. The molecule has 0 aliphatic carbocycles. The van der Waals surface area contributed by atoms with E-state index in [2.05, 4.69) is 15.3 Å². The fraction of sp³-hybridized carbons (Fsp3) is 0.0625. The number of nitrogens with one attached hydrogen (secondary N) is 1. The van der Waals surface area contributed by atoms with Crippen molar-refractivity contribution in [2.75, 3.05) is 5.32 Å². The van der Waals surface area contributed by atoms with Gasteiger partial charge in [0.25, 0.3) is 5.91 Å². The van der Waals surface area contributed by atoms with Crippen LogP contribution >= 0.6 is 22.9 Å². The molecule has 2 aromatic heterocycles. The van der Waals surface area contributed by atoms with Gasteiger partial charge in [-0.2, -0.15) is 0 Å². The lowest BCUT2D eigenvalue weighted by molar-refractivity contribution is 0.103. The summed E-state index contributed by atoms with van der Waals surface area (Å²) in [7, 11) is 0. The largest absolute Gasteiger partial charge is 0.320 e. The number of hydrogen-bond acceptors (Lipinski definition) is 4. The Hall–Kier alpha value is -2.24. The van der Waals surface area contributed by atoms with Crippen LogP contribution in [0.1, 0.15) is 15.4 Å². The third-order valence-electron chi connectivity index (χ3n) is 3.03. The molecule has 0 bridgehead atoms. The molecule has 0 aliphatic heterocycles. The van der Waals surface area contributed by atoms with E-state index in [-0.39, 0.29) is 5.91 Å². The van der Waals surface area contributed by atoms with Crippen LogP contribution in [-0.2, 0) is 0 Å². The van der Waals surface area contributed by atoms with Gasteiger partial charge in [-0.1, -0.05) is 29.8 Å². The second-order valence-corrected chi connectivity index (χ2v) is 6.02. The number of hydrogen-bond donors (Lipinski definition) is 1. The van der Waals surface area contributed by atoms with Crippen molar-refractivity contribution in [2.45, 2.75) is 6.92 Å². The zero-order valence-electron chi connectivity index (χ0n) is 11.7. The molecule has 4 nitrogen and oxygen atoms in total. The van der Waals surface area contributed by atoms with Crippen molar-refractivity contribution in [3.8, 4) is 10.6 Å². The molecule has 1 N–H and O–H groups in total. The van der Waals surface area contributed by atoms with Crippen LogP contribution < -0.4 is 5.32 Å². The van der Waals surface area contributed by atoms with Crippen molar-refractivity contribution >= 4 is 34.5 Å². The molecule has 0 atom stereocenters. The lowest BCUT2D eigenvalue weighted by Crippen LogP contribution is -2.11. The molecular formula is C16H12ClN3OS. The van der Waals surface area contributed by atoms with E-state index in [1.807, 2.05) is 31.2 Å². The topological polar surface area (TPSA) is 54.9 Å². The molecule has 0 unspecified atom stereocenters. The maximum atomic E-state index is 12.4. The summed E-state index contributed by atoms with van der Waals surface area (Å²) in [6.07, 6.45) is 3.26. The quantitative estimate of drug-likeness (QED) is 0.774. The molecule has 110 valence electrons. The van der Waals surface area contributed by atoms with Gasteiger partial charge in [-0.05, 0) is 25.1 Å². The molecular weight excluding hydrogens is 318 g/mol. The first kappa shape index (κ1) is 14.7. The predicted octanol–water partition coefficient (Wildman–Crippen LogP) is 4.42. The van der Waals surface area contributed by atoms with Crippen molar-refractivity contribution < 1.29 is 4.79 Å². The number of benzene rings is 1. The summed E-state index contributed by atoms with van der Waals surface area (Å²) in [6.45, 7) is 1.81. The Kier molecular flexibility index (Phi) is 4.18. The Morgan fingerprint density at radius 3 is 2.77 bits per heavy atom. The van der Waals surface area contributed by atoms with Crippen LogP contribution in [0.15, 0.2) is 48.8 Å². The standard InChI is InChI=1S/C16H12ClN3OS/c1-10-14(15(21)20-11-5-4-8-18-9-11)22-16(19-10)12-6-2-3-7-13(12)17/h2-9H,1H3,(H,20,21). The fourth-order valence-corrected chi connectivity index (χ4v) is 3.26. The maximum Gasteiger partial charge on any atom is 0.267 e. The van der Waals surface area contributed by atoms with Crippen molar-refractivity contribution in [3.63, 3.8) is 0 Å². The van der Waals surface area contributed by atoms with E-state index < -0.39 is 0 Å². The van der Waals surface area contributed by atoms with E-state index in [4.69, 9.17) is 11.6 Å². The molecule has 1 amide bonds. The van der Waals surface area contributed by atoms with Crippen molar-refractivity contribution in [1.29, 1.82) is 0 Å². The van der Waals surface area contributed by atoms with Crippen molar-refractivity contribution in [3.05, 3.63) is 64.4 Å². The Bertz CT molecular complexity index is 817. The van der Waals surface area contributed by atoms with E-state index in [1.54, 1.807) is 24.5 Å². The Morgan fingerprint density at radius 1 is 1.23 bits per heavy atom. The fourth-order valence-electron chi connectivity index (χ4n) is 1.98. The van der Waals surface area contributed by atoms with Gasteiger partial charge in [0.2, 0.25) is 0 Å². The van der Waals surface area contributed by atoms with Gasteiger partial charge in [0, 0.05) is 11.8 Å². The normalized spacial score (nSPS) is 10.5. The van der Waals surface area contributed by atoms with Crippen LogP contribution in [0.2, 0.25) is 5.02 Å². The molecule has 6 heteroatoms. The second kappa shape index (κ2) is 6.25. The van der Waals surface area contributed by atoms with Gasteiger partial charge in [0.15, 0.2) is 0 Å². The SMILES string of the molecule is Cc1nc(-c2ccccc2Cl)sc1C(=O)Nc1cccnc1. The van der Waals surface area contributed by atoms with E-state index in [1.165, 1.54) is 11.3 Å². The van der Waals surface area contributed by atoms with Crippen LogP contribution in [0.4, 0.5) is 5.69 Å². The highest BCUT2D eigenvalue weighted by Gasteiger charge is 2.17. The Labute approximate surface area is 136 Å². The molecule has 0 saturated heterocycles. The van der Waals surface area contributed by atoms with Crippen LogP contribution in [0.5, 0.6) is 0 Å². The van der Waals surface area contributed by atoms with E-state index in [0.29, 0.717) is 21.3 Å². The molecule has 3 aromatic rings. The zero-order chi connectivity index (χ0) is 15.5. The first-order valence-electron chi connectivity index (χ1n) is 6.59. The van der Waals surface area contributed by atoms with E-state index >= 15 is 0 Å². The minimum absolute atomic E-state index is 0.193. The number of anilines is 1. The summed E-state index contributed by atoms with van der Waals surface area (Å²) in [6, 6.07) is 11.0. The third kappa shape index (κ3) is 3.00. The van der Waals surface area contributed by atoms with Crippen LogP contribution in [0.25, 0.3) is 10.6 Å². The molecule has 3 rings (SSSR count). The number of thiazole rings is 1. The molecule has 0 spiro atoms. The van der Waals surface area contributed by atoms with Gasteiger partial charge in [-0.25, -0.2) is 4.98 Å². The van der Waals surface area contributed by atoms with Crippen LogP contribution in [-0.4, -0.2) is 15.9 Å². The number of carbonyl (C=O) groups is 1. The smallest absolute Gasteiger partial charge is 0.267 e. The first-order valence-corrected chi connectivity index (χ1v) is 7.78. The minimum atomic E-state index is -0.193. The molecule has 1 aromatic carbocycles. The van der Waals surface area contributed by atoms with Gasteiger partial charge in [-0.15, -0.1) is 11.3 Å². The maximum absolute atomic E-state index is 12.4. The zero-order valence-corrected chi connectivity index (χ0v) is 13.3. The van der Waals surface area contributed by atoms with Gasteiger partial charge in [0.05, 0.1) is 22.6 Å². The number of amides is 1. The number of carbonyl (C=O) groups excluding carboxylic acids is 1. The number of nitrogens with zero attached hydrogens (tertiary/aromatic N) is 2. The average molecular weight is 330 g/mol. The number of halogens is 1. The third-order valence-corrected chi connectivity index (χ3v) is 4.55. The lowest BCUT2D eigenvalue weighted by Gasteiger charge is -2.02. The summed E-state index contributed by atoms with van der Waals surface area (Å²) < 4.78 is 0. The number of aromatic nitrogens is 2. The van der Waals surface area contributed by atoms with Crippen LogP contribution in [0, 0.1) is 6.92 Å².